The summed E-state index contributed by atoms with van der Waals surface area (Å²) in [7, 11) is 0. The van der Waals surface area contributed by atoms with Crippen LogP contribution in [0.4, 0.5) is 0 Å². The van der Waals surface area contributed by atoms with Crippen molar-refractivity contribution in [2.75, 3.05) is 6.61 Å². The molecule has 3 rings (SSSR count). The van der Waals surface area contributed by atoms with E-state index in [2.05, 4.69) is 0 Å². The fourth-order valence-corrected chi connectivity index (χ4v) is 1.92. The molecular weight excluding hydrogens is 296 g/mol. The highest BCUT2D eigenvalue weighted by atomic mass is 16.5. The predicted molar refractivity (Wildman–Crippen MR) is 83.3 cm³/mol. The van der Waals surface area contributed by atoms with Gasteiger partial charge in [0.15, 0.2) is 0 Å². The highest BCUT2D eigenvalue weighted by Crippen LogP contribution is 2.12. The van der Waals surface area contributed by atoms with Gasteiger partial charge in [-0.1, -0.05) is 36.4 Å². The molecule has 1 aromatic carbocycles. The highest BCUT2D eigenvalue weighted by Gasteiger charge is 2.12. The Morgan fingerprint density at radius 1 is 1.13 bits per heavy atom. The molecule has 1 heterocycles. The maximum absolute atomic E-state index is 12.0. The quantitative estimate of drug-likeness (QED) is 0.768. The van der Waals surface area contributed by atoms with Crippen molar-refractivity contribution < 1.29 is 18.7 Å². The molecule has 5 heteroatoms. The number of esters is 1. The van der Waals surface area contributed by atoms with Crippen LogP contribution in [0.3, 0.4) is 0 Å². The number of rotatable bonds is 6. The molecule has 0 saturated heterocycles. The summed E-state index contributed by atoms with van der Waals surface area (Å²) in [4.78, 5) is 23.9. The number of allylic oxidation sites excluding steroid dienone is 2. The summed E-state index contributed by atoms with van der Waals surface area (Å²) >= 11 is 0. The summed E-state index contributed by atoms with van der Waals surface area (Å²) in [6.07, 6.45) is 6.95. The van der Waals surface area contributed by atoms with Crippen molar-refractivity contribution in [1.82, 2.24) is 0 Å². The summed E-state index contributed by atoms with van der Waals surface area (Å²) in [5, 5.41) is 0. The molecule has 0 N–H and O–H groups in total. The zero-order valence-corrected chi connectivity index (χ0v) is 12.2. The second-order valence-electron chi connectivity index (χ2n) is 4.92. The lowest BCUT2D eigenvalue weighted by molar-refractivity contribution is 0.0727. The zero-order valence-electron chi connectivity index (χ0n) is 12.2. The summed E-state index contributed by atoms with van der Waals surface area (Å²) in [5.41, 5.74) is 1.02. The van der Waals surface area contributed by atoms with Gasteiger partial charge in [0.25, 0.3) is 0 Å². The number of benzene rings is 1. The Morgan fingerprint density at radius 2 is 1.91 bits per heavy atom. The number of ether oxygens (including phenoxy) is 2. The van der Waals surface area contributed by atoms with Crippen LogP contribution >= 0.6 is 0 Å². The van der Waals surface area contributed by atoms with Crippen LogP contribution < -0.4 is 10.2 Å². The number of hydrogen-bond donors (Lipinski definition) is 0. The van der Waals surface area contributed by atoms with Crippen LogP contribution in [-0.4, -0.2) is 12.6 Å². The minimum atomic E-state index is -0.606. The van der Waals surface area contributed by atoms with E-state index < -0.39 is 11.4 Å². The van der Waals surface area contributed by atoms with Crippen molar-refractivity contribution in [3.8, 4) is 5.75 Å². The molecule has 0 bridgehead atoms. The van der Waals surface area contributed by atoms with Gasteiger partial charge in [0, 0.05) is 6.07 Å². The molecule has 0 saturated carbocycles. The van der Waals surface area contributed by atoms with Gasteiger partial charge in [-0.25, -0.2) is 4.79 Å². The first kappa shape index (κ1) is 15.0. The summed E-state index contributed by atoms with van der Waals surface area (Å²) < 4.78 is 15.7. The van der Waals surface area contributed by atoms with Gasteiger partial charge in [-0.05, 0) is 17.7 Å². The Hall–Kier alpha value is -2.92. The minimum Gasteiger partial charge on any atom is -0.463 e. The van der Waals surface area contributed by atoms with Crippen molar-refractivity contribution in [2.24, 2.45) is 0 Å². The van der Waals surface area contributed by atoms with E-state index in [1.165, 1.54) is 6.07 Å². The van der Waals surface area contributed by atoms with E-state index >= 15 is 0 Å². The molecule has 2 aromatic rings. The Labute approximate surface area is 132 Å². The largest absolute Gasteiger partial charge is 0.463 e. The molecule has 0 spiro atoms. The summed E-state index contributed by atoms with van der Waals surface area (Å²) in [5.74, 6) is -0.378. The van der Waals surface area contributed by atoms with E-state index in [9.17, 15) is 9.59 Å². The zero-order chi connectivity index (χ0) is 16.1. The van der Waals surface area contributed by atoms with E-state index in [1.807, 2.05) is 18.2 Å². The molecule has 23 heavy (non-hydrogen) atoms. The van der Waals surface area contributed by atoms with Crippen LogP contribution in [0.1, 0.15) is 16.1 Å². The fourth-order valence-electron chi connectivity index (χ4n) is 1.92. The summed E-state index contributed by atoms with van der Waals surface area (Å²) in [6.45, 7) is 0.637. The predicted octanol–water partition coefficient (Wildman–Crippen LogP) is 2.87. The van der Waals surface area contributed by atoms with E-state index in [0.717, 1.165) is 11.8 Å². The van der Waals surface area contributed by atoms with Crippen molar-refractivity contribution in [3.05, 3.63) is 88.0 Å². The van der Waals surface area contributed by atoms with Crippen molar-refractivity contribution >= 4 is 5.97 Å². The SMILES string of the molecule is O=C(Oc1coc(COCC2=CC=C2)cc1=O)c1ccccc1. The first-order valence-corrected chi connectivity index (χ1v) is 7.06. The van der Waals surface area contributed by atoms with Gasteiger partial charge >= 0.3 is 5.97 Å². The third-order valence-corrected chi connectivity index (χ3v) is 3.20. The first-order chi connectivity index (χ1) is 11.2. The van der Waals surface area contributed by atoms with E-state index in [0.29, 0.717) is 17.9 Å². The lowest BCUT2D eigenvalue weighted by Crippen LogP contribution is -2.15. The molecule has 116 valence electrons. The second-order valence-corrected chi connectivity index (χ2v) is 4.92. The first-order valence-electron chi connectivity index (χ1n) is 7.06. The van der Waals surface area contributed by atoms with Gasteiger partial charge in [-0.2, -0.15) is 0 Å². The van der Waals surface area contributed by atoms with Crippen molar-refractivity contribution in [3.63, 3.8) is 0 Å². The molecule has 0 aliphatic heterocycles. The third-order valence-electron chi connectivity index (χ3n) is 3.20. The molecule has 0 fully saturated rings. The summed E-state index contributed by atoms with van der Waals surface area (Å²) in [6, 6.07) is 9.69. The average Bonchev–Trinajstić information content (AvgIpc) is 2.53. The Kier molecular flexibility index (Phi) is 4.49. The highest BCUT2D eigenvalue weighted by molar-refractivity contribution is 5.90. The number of hydrogen-bond acceptors (Lipinski definition) is 5. The monoisotopic (exact) mass is 310 g/mol. The van der Waals surface area contributed by atoms with Crippen LogP contribution in [0, 0.1) is 0 Å². The minimum absolute atomic E-state index is 0.146. The van der Waals surface area contributed by atoms with Gasteiger partial charge < -0.3 is 13.9 Å². The van der Waals surface area contributed by atoms with E-state index in [1.54, 1.807) is 30.3 Å². The second kappa shape index (κ2) is 6.89. The van der Waals surface area contributed by atoms with Crippen molar-refractivity contribution in [2.45, 2.75) is 6.61 Å². The Morgan fingerprint density at radius 3 is 2.57 bits per heavy atom. The van der Waals surface area contributed by atoms with Gasteiger partial charge in [0.05, 0.1) is 12.2 Å². The van der Waals surface area contributed by atoms with Gasteiger partial charge in [0.1, 0.15) is 18.6 Å². The van der Waals surface area contributed by atoms with Gasteiger partial charge in [-0.3, -0.25) is 4.79 Å². The smallest absolute Gasteiger partial charge is 0.343 e. The molecule has 1 aromatic heterocycles. The number of carbonyl (C=O) groups excluding carboxylic acids is 1. The molecule has 0 radical (unpaired) electrons. The molecule has 0 unspecified atom stereocenters. The maximum Gasteiger partial charge on any atom is 0.343 e. The normalized spacial score (nSPS) is 12.4. The Balaban J connectivity index is 1.60. The van der Waals surface area contributed by atoms with Crippen molar-refractivity contribution in [1.29, 1.82) is 0 Å². The van der Waals surface area contributed by atoms with E-state index in [-0.39, 0.29) is 12.4 Å². The maximum atomic E-state index is 12.0. The van der Waals surface area contributed by atoms with Crippen LogP contribution in [0.15, 0.2) is 75.7 Å². The Bertz CT molecular complexity index is 815. The molecule has 0 amide bonds. The van der Waals surface area contributed by atoms with Crippen LogP contribution in [0.5, 0.6) is 5.75 Å². The van der Waals surface area contributed by atoms with Gasteiger partial charge in [-0.15, -0.1) is 0 Å². The van der Waals surface area contributed by atoms with Gasteiger partial charge in [0.2, 0.25) is 11.2 Å². The molecule has 0 atom stereocenters. The molecule has 5 nitrogen and oxygen atoms in total. The lowest BCUT2D eigenvalue weighted by Gasteiger charge is -2.08. The topological polar surface area (TPSA) is 65.7 Å². The van der Waals surface area contributed by atoms with Crippen LogP contribution in [-0.2, 0) is 11.3 Å². The van der Waals surface area contributed by atoms with Crippen LogP contribution in [0.2, 0.25) is 0 Å². The third kappa shape index (κ3) is 3.84. The molecule has 1 aliphatic rings. The lowest BCUT2D eigenvalue weighted by atomic mass is 10.1. The van der Waals surface area contributed by atoms with E-state index in [4.69, 9.17) is 13.9 Å². The number of carbonyl (C=O) groups is 1. The molecule has 1 aliphatic carbocycles. The van der Waals surface area contributed by atoms with Crippen LogP contribution in [0.25, 0.3) is 0 Å². The molecular formula is C18H14O5. The fraction of sp³-hybridized carbons (Fsp3) is 0.111. The standard InChI is InChI=1S/C18H14O5/c19-16-9-15(11-21-10-13-5-4-6-13)22-12-17(16)23-18(20)14-7-2-1-3-8-14/h1-9,12H,10-11H2. The average molecular weight is 310 g/mol.